The molecule has 0 aromatic heterocycles. The van der Waals surface area contributed by atoms with Gasteiger partial charge in [0.1, 0.15) is 24.7 Å². The molecule has 0 aliphatic heterocycles. The second-order valence-corrected chi connectivity index (χ2v) is 6.30. The molecule has 0 spiro atoms. The van der Waals surface area contributed by atoms with E-state index in [4.69, 9.17) is 9.47 Å². The van der Waals surface area contributed by atoms with E-state index < -0.39 is 0 Å². The molecule has 0 heterocycles. The number of rotatable bonds is 10. The molecule has 26 heavy (non-hydrogen) atoms. The maximum Gasteiger partial charge on any atom is 0.124 e. The predicted octanol–water partition coefficient (Wildman–Crippen LogP) is 5.19. The van der Waals surface area contributed by atoms with Gasteiger partial charge in [0, 0.05) is 12.1 Å². The number of fused-ring (bicyclic) bond motifs is 1. The topological polar surface area (TPSA) is 30.5 Å². The average Bonchev–Trinajstić information content (AvgIpc) is 2.70. The number of para-hydroxylation sites is 1. The van der Waals surface area contributed by atoms with E-state index in [9.17, 15) is 0 Å². The van der Waals surface area contributed by atoms with Gasteiger partial charge in [-0.3, -0.25) is 0 Å². The molecular weight excluding hydrogens is 322 g/mol. The maximum atomic E-state index is 6.06. The molecule has 3 heteroatoms. The standard InChI is InChI=1S/C23H27NO2/c1-2-3-15-24-18-22-21-12-8-7-9-19(21)13-14-23(22)26-17-16-25-20-10-5-4-6-11-20/h4-14,24H,2-3,15-18H2,1H3. The Morgan fingerprint density at radius 2 is 1.58 bits per heavy atom. The average molecular weight is 349 g/mol. The largest absolute Gasteiger partial charge is 0.490 e. The summed E-state index contributed by atoms with van der Waals surface area (Å²) in [6.45, 7) is 5.10. The van der Waals surface area contributed by atoms with E-state index >= 15 is 0 Å². The molecule has 3 rings (SSSR count). The van der Waals surface area contributed by atoms with Crippen molar-refractivity contribution in [2.45, 2.75) is 26.3 Å². The smallest absolute Gasteiger partial charge is 0.124 e. The molecule has 0 saturated carbocycles. The number of hydrogen-bond donors (Lipinski definition) is 1. The van der Waals surface area contributed by atoms with Gasteiger partial charge in [0.2, 0.25) is 0 Å². The van der Waals surface area contributed by atoms with Crippen LogP contribution < -0.4 is 14.8 Å². The van der Waals surface area contributed by atoms with E-state index in [1.807, 2.05) is 30.3 Å². The van der Waals surface area contributed by atoms with Gasteiger partial charge in [0.05, 0.1) is 0 Å². The van der Waals surface area contributed by atoms with Gasteiger partial charge in [-0.15, -0.1) is 0 Å². The summed E-state index contributed by atoms with van der Waals surface area (Å²) in [5.74, 6) is 1.81. The molecule has 136 valence electrons. The van der Waals surface area contributed by atoms with Crippen LogP contribution in [0.5, 0.6) is 11.5 Å². The van der Waals surface area contributed by atoms with Gasteiger partial charge < -0.3 is 14.8 Å². The first-order chi connectivity index (χ1) is 12.9. The lowest BCUT2D eigenvalue weighted by Gasteiger charge is -2.15. The highest BCUT2D eigenvalue weighted by Crippen LogP contribution is 2.28. The number of nitrogens with one attached hydrogen (secondary N) is 1. The lowest BCUT2D eigenvalue weighted by molar-refractivity contribution is 0.216. The second-order valence-electron chi connectivity index (χ2n) is 6.30. The summed E-state index contributed by atoms with van der Waals surface area (Å²) in [5.41, 5.74) is 1.22. The molecule has 0 atom stereocenters. The predicted molar refractivity (Wildman–Crippen MR) is 108 cm³/mol. The van der Waals surface area contributed by atoms with E-state index in [2.05, 4.69) is 48.6 Å². The Hall–Kier alpha value is -2.52. The molecular formula is C23H27NO2. The molecule has 3 aromatic carbocycles. The van der Waals surface area contributed by atoms with Crippen molar-refractivity contribution < 1.29 is 9.47 Å². The Balaban J connectivity index is 1.65. The monoisotopic (exact) mass is 349 g/mol. The van der Waals surface area contributed by atoms with Gasteiger partial charge in [-0.25, -0.2) is 0 Å². The van der Waals surface area contributed by atoms with Crippen LogP contribution in [0.3, 0.4) is 0 Å². The van der Waals surface area contributed by atoms with Crippen molar-refractivity contribution in [3.8, 4) is 11.5 Å². The minimum atomic E-state index is 0.523. The normalized spacial score (nSPS) is 10.8. The van der Waals surface area contributed by atoms with Gasteiger partial charge in [0.25, 0.3) is 0 Å². The van der Waals surface area contributed by atoms with Crippen LogP contribution in [0.2, 0.25) is 0 Å². The van der Waals surface area contributed by atoms with Crippen molar-refractivity contribution in [2.24, 2.45) is 0 Å². The Morgan fingerprint density at radius 1 is 0.808 bits per heavy atom. The molecule has 0 radical (unpaired) electrons. The fraction of sp³-hybridized carbons (Fsp3) is 0.304. The third-order valence-electron chi connectivity index (χ3n) is 4.36. The Morgan fingerprint density at radius 3 is 2.42 bits per heavy atom. The Labute approximate surface area is 156 Å². The van der Waals surface area contributed by atoms with Gasteiger partial charge in [-0.1, -0.05) is 61.9 Å². The summed E-state index contributed by atoms with van der Waals surface area (Å²) >= 11 is 0. The summed E-state index contributed by atoms with van der Waals surface area (Å²) in [7, 11) is 0. The molecule has 3 nitrogen and oxygen atoms in total. The van der Waals surface area contributed by atoms with E-state index in [1.165, 1.54) is 29.2 Å². The summed E-state index contributed by atoms with van der Waals surface area (Å²) < 4.78 is 11.8. The third kappa shape index (κ3) is 4.99. The van der Waals surface area contributed by atoms with Crippen molar-refractivity contribution >= 4 is 10.8 Å². The van der Waals surface area contributed by atoms with Crippen LogP contribution in [0.4, 0.5) is 0 Å². The highest BCUT2D eigenvalue weighted by atomic mass is 16.5. The first-order valence-electron chi connectivity index (χ1n) is 9.40. The fourth-order valence-corrected chi connectivity index (χ4v) is 2.98. The van der Waals surface area contributed by atoms with E-state index in [-0.39, 0.29) is 0 Å². The summed E-state index contributed by atoms with van der Waals surface area (Å²) in [6.07, 6.45) is 2.38. The highest BCUT2D eigenvalue weighted by molar-refractivity contribution is 5.87. The lowest BCUT2D eigenvalue weighted by atomic mass is 10.0. The van der Waals surface area contributed by atoms with Crippen molar-refractivity contribution in [1.29, 1.82) is 0 Å². The zero-order valence-corrected chi connectivity index (χ0v) is 15.4. The summed E-state index contributed by atoms with van der Waals surface area (Å²) in [6, 6.07) is 22.5. The van der Waals surface area contributed by atoms with Gasteiger partial charge >= 0.3 is 0 Å². The van der Waals surface area contributed by atoms with E-state index in [0.717, 1.165) is 24.6 Å². The maximum absolute atomic E-state index is 6.06. The third-order valence-corrected chi connectivity index (χ3v) is 4.36. The molecule has 0 unspecified atom stereocenters. The Bertz CT molecular complexity index is 802. The van der Waals surface area contributed by atoms with Crippen molar-refractivity contribution in [3.05, 3.63) is 72.3 Å². The molecule has 0 fully saturated rings. The minimum Gasteiger partial charge on any atom is -0.490 e. The molecule has 0 saturated heterocycles. The zero-order valence-electron chi connectivity index (χ0n) is 15.4. The van der Waals surface area contributed by atoms with Crippen LogP contribution in [-0.2, 0) is 6.54 Å². The van der Waals surface area contributed by atoms with E-state index in [0.29, 0.717) is 13.2 Å². The van der Waals surface area contributed by atoms with Gasteiger partial charge in [0.15, 0.2) is 0 Å². The minimum absolute atomic E-state index is 0.523. The van der Waals surface area contributed by atoms with Crippen molar-refractivity contribution in [1.82, 2.24) is 5.32 Å². The molecule has 0 aliphatic rings. The number of ether oxygens (including phenoxy) is 2. The van der Waals surface area contributed by atoms with E-state index in [1.54, 1.807) is 0 Å². The molecule has 0 amide bonds. The summed E-state index contributed by atoms with van der Waals surface area (Å²) in [5, 5.41) is 6.03. The highest BCUT2D eigenvalue weighted by Gasteiger charge is 2.09. The van der Waals surface area contributed by atoms with Crippen LogP contribution in [0.1, 0.15) is 25.3 Å². The van der Waals surface area contributed by atoms with Crippen LogP contribution in [0.15, 0.2) is 66.7 Å². The fourth-order valence-electron chi connectivity index (χ4n) is 2.98. The van der Waals surface area contributed by atoms with Crippen molar-refractivity contribution in [3.63, 3.8) is 0 Å². The summed E-state index contributed by atoms with van der Waals surface area (Å²) in [4.78, 5) is 0. The molecule has 3 aromatic rings. The van der Waals surface area contributed by atoms with Crippen LogP contribution in [-0.4, -0.2) is 19.8 Å². The first kappa shape index (κ1) is 18.3. The molecule has 0 aliphatic carbocycles. The van der Waals surface area contributed by atoms with Crippen LogP contribution >= 0.6 is 0 Å². The number of benzene rings is 3. The lowest BCUT2D eigenvalue weighted by Crippen LogP contribution is -2.16. The van der Waals surface area contributed by atoms with Gasteiger partial charge in [-0.2, -0.15) is 0 Å². The SMILES string of the molecule is CCCCNCc1c(OCCOc2ccccc2)ccc2ccccc12. The molecule has 0 bridgehead atoms. The van der Waals surface area contributed by atoms with Gasteiger partial charge in [-0.05, 0) is 41.9 Å². The second kappa shape index (κ2) is 9.83. The van der Waals surface area contributed by atoms with Crippen LogP contribution in [0, 0.1) is 0 Å². The first-order valence-corrected chi connectivity index (χ1v) is 9.40. The molecule has 1 N–H and O–H groups in total. The number of unbranched alkanes of at least 4 members (excludes halogenated alkanes) is 1. The van der Waals surface area contributed by atoms with Crippen LogP contribution in [0.25, 0.3) is 10.8 Å². The quantitative estimate of drug-likeness (QED) is 0.511. The number of hydrogen-bond acceptors (Lipinski definition) is 3. The zero-order chi connectivity index (χ0) is 18.0. The van der Waals surface area contributed by atoms with Crippen molar-refractivity contribution in [2.75, 3.05) is 19.8 Å². The Kier molecular flexibility index (Phi) is 6.91.